The molecule has 716 valence electrons. The predicted octanol–water partition coefficient (Wildman–Crippen LogP) is -6.06. The summed E-state index contributed by atoms with van der Waals surface area (Å²) in [4.78, 5) is 269. The molecular formula is C83H119N17O29S. The van der Waals surface area contributed by atoms with Gasteiger partial charge < -0.3 is 131 Å². The number of hydrogen-bond donors (Lipinski definition) is 25. The minimum Gasteiger partial charge on any atom is -0.508 e. The number of nitrogens with zero attached hydrogens (tertiary/aromatic N) is 1. The number of imide groups is 1. The van der Waals surface area contributed by atoms with Gasteiger partial charge in [-0.15, -0.1) is 0 Å². The van der Waals surface area contributed by atoms with Crippen molar-refractivity contribution >= 4 is 129 Å². The van der Waals surface area contributed by atoms with Crippen LogP contribution in [0.1, 0.15) is 136 Å². The molecule has 0 bridgehead atoms. The molecule has 26 N–H and O–H groups in total. The number of phenolic OH excluding ortho intramolecular Hbond substituents is 2. The molecular weight excluding hydrogens is 1730 g/mol. The van der Waals surface area contributed by atoms with Crippen molar-refractivity contribution in [2.24, 2.45) is 17.6 Å². The molecule has 0 spiro atoms. The Hall–Kier alpha value is -13.0. The molecule has 0 unspecified atom stereocenters. The van der Waals surface area contributed by atoms with Gasteiger partial charge in [0.05, 0.1) is 50.6 Å². The number of aliphatic hydroxyl groups excluding tert-OH is 4. The van der Waals surface area contributed by atoms with Crippen molar-refractivity contribution in [1.82, 2.24) is 84.7 Å². The topological polar surface area (TPSA) is 733 Å². The second kappa shape index (κ2) is 55.7. The number of aromatic hydroxyl groups is 2. The smallest absolute Gasteiger partial charge is 0.305 e. The number of nitrogens with one attached hydrogen (secondary N) is 15. The summed E-state index contributed by atoms with van der Waals surface area (Å²) in [6, 6.07) is -4.39. The highest BCUT2D eigenvalue weighted by Crippen LogP contribution is 2.20. The Morgan fingerprint density at radius 1 is 0.415 bits per heavy atom. The first kappa shape index (κ1) is 109. The van der Waals surface area contributed by atoms with Crippen LogP contribution in [-0.4, -0.2) is 304 Å². The number of carbonyl (C=O) groups excluding carboxylic acids is 17. The summed E-state index contributed by atoms with van der Waals surface area (Å²) in [6.45, 7) is 6.48. The number of carboxylic acids is 3. The Balaban J connectivity index is 1.53. The summed E-state index contributed by atoms with van der Waals surface area (Å²) in [5.74, 6) is -23.8. The van der Waals surface area contributed by atoms with Gasteiger partial charge in [0, 0.05) is 44.7 Å². The van der Waals surface area contributed by atoms with E-state index >= 15 is 0 Å². The van der Waals surface area contributed by atoms with Crippen LogP contribution in [0.3, 0.4) is 0 Å². The van der Waals surface area contributed by atoms with E-state index in [0.717, 1.165) is 30.5 Å². The summed E-state index contributed by atoms with van der Waals surface area (Å²) in [5.41, 5.74) is 6.48. The first-order valence-corrected chi connectivity index (χ1v) is 42.8. The summed E-state index contributed by atoms with van der Waals surface area (Å²) < 4.78 is 0. The minimum atomic E-state index is -2.23. The molecule has 0 aliphatic carbocycles. The number of carbonyl (C=O) groups is 20. The molecule has 47 heteroatoms. The Bertz CT molecular complexity index is 4400. The monoisotopic (exact) mass is 1850 g/mol. The van der Waals surface area contributed by atoms with Crippen LogP contribution in [0.15, 0.2) is 78.9 Å². The van der Waals surface area contributed by atoms with Crippen LogP contribution in [0.4, 0.5) is 4.79 Å². The fourth-order valence-corrected chi connectivity index (χ4v) is 13.5. The van der Waals surface area contributed by atoms with Crippen molar-refractivity contribution in [3.63, 3.8) is 0 Å². The van der Waals surface area contributed by atoms with E-state index in [4.69, 9.17) is 5.73 Å². The number of nitrogens with two attached hydrogens (primary N) is 1. The second-order valence-corrected chi connectivity index (χ2v) is 32.4. The van der Waals surface area contributed by atoms with Gasteiger partial charge in [-0.25, -0.2) is 0 Å². The van der Waals surface area contributed by atoms with Gasteiger partial charge in [-0.3, -0.25) is 101 Å². The number of amides is 17. The molecule has 1 saturated heterocycles. The zero-order chi connectivity index (χ0) is 97.2. The van der Waals surface area contributed by atoms with E-state index in [1.807, 2.05) is 0 Å². The molecule has 1 aliphatic heterocycles. The summed E-state index contributed by atoms with van der Waals surface area (Å²) in [6.07, 6.45) is -6.79. The largest absolute Gasteiger partial charge is 0.508 e. The van der Waals surface area contributed by atoms with Crippen LogP contribution in [0, 0.1) is 11.8 Å². The molecule has 16 atom stereocenters. The van der Waals surface area contributed by atoms with E-state index in [1.54, 1.807) is 45.9 Å². The molecule has 3 aromatic carbocycles. The van der Waals surface area contributed by atoms with Gasteiger partial charge in [-0.05, 0) is 112 Å². The maximum atomic E-state index is 14.7. The third kappa shape index (κ3) is 38.9. The van der Waals surface area contributed by atoms with Gasteiger partial charge in [0.1, 0.15) is 90.5 Å². The average molecular weight is 1850 g/mol. The number of benzene rings is 3. The lowest BCUT2D eigenvalue weighted by Crippen LogP contribution is -2.63. The van der Waals surface area contributed by atoms with Crippen molar-refractivity contribution in [1.29, 1.82) is 0 Å². The summed E-state index contributed by atoms with van der Waals surface area (Å²) >= 11 is 0.725. The van der Waals surface area contributed by atoms with E-state index in [2.05, 4.69) is 79.8 Å². The number of carboxylic acid groups (broad SMARTS) is 3. The summed E-state index contributed by atoms with van der Waals surface area (Å²) in [5, 5.41) is 127. The highest BCUT2D eigenvalue weighted by atomic mass is 32.2. The molecule has 0 saturated carbocycles. The van der Waals surface area contributed by atoms with Crippen LogP contribution in [0.5, 0.6) is 11.5 Å². The van der Waals surface area contributed by atoms with Gasteiger partial charge in [0.2, 0.25) is 94.5 Å². The Morgan fingerprint density at radius 2 is 0.831 bits per heavy atom. The van der Waals surface area contributed by atoms with Gasteiger partial charge >= 0.3 is 17.9 Å². The zero-order valence-electron chi connectivity index (χ0n) is 72.8. The molecule has 46 nitrogen and oxygen atoms in total. The number of unbranched alkanes of at least 4 members (excludes halogenated alkanes) is 1. The Kier molecular flexibility index (Phi) is 46.8. The number of aliphatic hydroxyl groups is 4. The van der Waals surface area contributed by atoms with Crippen LogP contribution >= 0.6 is 11.8 Å². The van der Waals surface area contributed by atoms with E-state index in [1.165, 1.54) is 67.6 Å². The van der Waals surface area contributed by atoms with Gasteiger partial charge in [-0.2, -0.15) is 0 Å². The maximum Gasteiger partial charge on any atom is 0.305 e. The number of thioether (sulfide) groups is 1. The number of phenols is 2. The third-order valence-corrected chi connectivity index (χ3v) is 21.0. The fourth-order valence-electron chi connectivity index (χ4n) is 12.8. The lowest BCUT2D eigenvalue weighted by atomic mass is 9.96. The normalized spacial score (nSPS) is 15.5. The number of hydrogen-bond acceptors (Lipinski definition) is 28. The SMILES string of the molecule is CC[C@H](C)[C@H](NC(=O)[C@H](CO)NC(=O)[C@H](Cc1ccc(O)cc1)NC(=O)[C@H](CC(=O)O)NC(=O)[C@H](CO)NC(=O)[C@@H](NC(=O)[C@H](Cc1ccccc1)NC(=O)[C@@H](NC(=O)CNC(=O)[C@H](CCC(=O)O)NC(=O)CCCNC(=O)CN1C(=O)CSC1=O)[C@@H](C)O)[C@@H](C)O)C(=O)N[C@@H](Cc1ccc(O)cc1)C(=O)N[C@@H](CC(C)C)C(=O)N[C@@H](CC(=O)O)C(=O)N[C@H](C)CCCCN. The first-order chi connectivity index (χ1) is 61.4. The average Bonchev–Trinajstić information content (AvgIpc) is 1.27. The molecule has 4 rings (SSSR count). The first-order valence-electron chi connectivity index (χ1n) is 41.8. The molecule has 3 aromatic rings. The predicted molar refractivity (Wildman–Crippen MR) is 460 cm³/mol. The lowest BCUT2D eigenvalue weighted by molar-refractivity contribution is -0.142. The zero-order valence-corrected chi connectivity index (χ0v) is 73.6. The lowest BCUT2D eigenvalue weighted by Gasteiger charge is -2.30. The quantitative estimate of drug-likeness (QED) is 0.0234. The van der Waals surface area contributed by atoms with Crippen molar-refractivity contribution in [2.75, 3.05) is 45.1 Å². The van der Waals surface area contributed by atoms with Crippen LogP contribution in [0.2, 0.25) is 0 Å². The fraction of sp³-hybridized carbons (Fsp3) is 0.542. The Morgan fingerprint density at radius 3 is 1.29 bits per heavy atom. The minimum absolute atomic E-state index is 0.0243. The molecule has 1 aliphatic rings. The molecule has 1 fully saturated rings. The second-order valence-electron chi connectivity index (χ2n) is 31.4. The van der Waals surface area contributed by atoms with Crippen molar-refractivity contribution in [2.45, 2.75) is 229 Å². The molecule has 1 heterocycles. The summed E-state index contributed by atoms with van der Waals surface area (Å²) in [7, 11) is 0. The standard InChI is InChI=1S/C83H119N17O29S/c1-8-43(4)68(80(126)93-55(34-49-21-25-51(106)26-22-49)74(120)89-53(31-42(2)3)73(119)91-57(35-66(113)114)72(118)87-44(5)15-12-13-29-84)98-79(125)60(40-102)95-75(121)54(33-48-19-23-50(105)24-20-48)90-76(122)58(36-67(115)116)92-78(124)59(39-101)96-82(128)70(46(7)104)99-77(123)56(32-47-16-10-9-11-17-47)94-81(127)69(45(6)103)97-62(108)37-86-71(117)52(27-28-65(111)112)88-61(107)18-14-30-85-63(109)38-100-64(110)41-130-83(100)129/h9-11,16-17,19-26,42-46,52-60,68-70,101-106H,8,12-15,18,27-41,84H2,1-7H3,(H,85,109)(H,86,117)(H,87,118)(H,88,107)(H,89,120)(H,90,122)(H,91,119)(H,92,124)(H,93,126)(H,94,127)(H,95,121)(H,96,128)(H,97,108)(H,98,125)(H,99,123)(H,111,112)(H,113,114)(H,115,116)/t43-,44+,45+,46+,52-,53-,54-,55-,56-,57-,58-,59-,60-,68-,69-,70-/m0/s1. The van der Waals surface area contributed by atoms with E-state index in [0.29, 0.717) is 36.9 Å². The van der Waals surface area contributed by atoms with Crippen molar-refractivity contribution in [3.8, 4) is 11.5 Å². The van der Waals surface area contributed by atoms with Gasteiger partial charge in [0.25, 0.3) is 5.24 Å². The van der Waals surface area contributed by atoms with E-state index in [9.17, 15) is 142 Å². The third-order valence-electron chi connectivity index (χ3n) is 20.1. The molecule has 0 radical (unpaired) electrons. The molecule has 130 heavy (non-hydrogen) atoms. The van der Waals surface area contributed by atoms with Crippen molar-refractivity contribution in [3.05, 3.63) is 95.6 Å². The number of aliphatic carboxylic acids is 3. The molecule has 0 aromatic heterocycles. The Labute approximate surface area is 751 Å². The highest BCUT2D eigenvalue weighted by molar-refractivity contribution is 8.14. The van der Waals surface area contributed by atoms with Crippen LogP contribution in [0.25, 0.3) is 0 Å². The number of rotatable bonds is 58. The maximum absolute atomic E-state index is 14.7. The van der Waals surface area contributed by atoms with E-state index in [-0.39, 0.29) is 67.4 Å². The highest BCUT2D eigenvalue weighted by Gasteiger charge is 2.41. The van der Waals surface area contributed by atoms with E-state index < -0.39 is 279 Å². The van der Waals surface area contributed by atoms with Crippen LogP contribution < -0.4 is 85.5 Å². The van der Waals surface area contributed by atoms with Crippen LogP contribution in [-0.2, 0) is 110 Å². The van der Waals surface area contributed by atoms with Gasteiger partial charge in [0.15, 0.2) is 0 Å². The van der Waals surface area contributed by atoms with Gasteiger partial charge in [-0.1, -0.05) is 107 Å². The van der Waals surface area contributed by atoms with Crippen molar-refractivity contribution < 1.29 is 142 Å². The molecule has 17 amide bonds.